The molecule has 0 unspecified atom stereocenters. The number of hydrogen-bond acceptors (Lipinski definition) is 3. The number of ether oxygens (including phenoxy) is 1. The number of nitrogens with zero attached hydrogens (tertiary/aromatic N) is 1. The number of halogens is 1. The van der Waals surface area contributed by atoms with Gasteiger partial charge in [0.2, 0.25) is 0 Å². The summed E-state index contributed by atoms with van der Waals surface area (Å²) >= 11 is 6.06. The Hall–Kier alpha value is -2.30. The average molecular weight is 383 g/mol. The maximum atomic E-state index is 12.9. The first-order chi connectivity index (χ1) is 13.1. The third kappa shape index (κ3) is 3.87. The Labute approximate surface area is 164 Å². The fourth-order valence-corrected chi connectivity index (χ4v) is 4.05. The number of benzene rings is 2. The van der Waals surface area contributed by atoms with E-state index in [1.165, 1.54) is 5.56 Å². The molecule has 27 heavy (non-hydrogen) atoms. The molecule has 0 radical (unpaired) electrons. The maximum absolute atomic E-state index is 12.9. The maximum Gasteiger partial charge on any atom is 0.253 e. The van der Waals surface area contributed by atoms with Crippen molar-refractivity contribution in [2.75, 3.05) is 19.7 Å². The molecule has 1 saturated heterocycles. The van der Waals surface area contributed by atoms with Crippen molar-refractivity contribution < 1.29 is 9.53 Å². The smallest absolute Gasteiger partial charge is 0.253 e. The van der Waals surface area contributed by atoms with Crippen molar-refractivity contribution in [1.29, 1.82) is 0 Å². The molecule has 140 valence electrons. The normalized spacial score (nSPS) is 17.1. The van der Waals surface area contributed by atoms with Crippen LogP contribution in [0.5, 0.6) is 5.75 Å². The fraction of sp³-hybridized carbons (Fsp3) is 0.318. The quantitative estimate of drug-likeness (QED) is 0.873. The van der Waals surface area contributed by atoms with Crippen molar-refractivity contribution in [1.82, 2.24) is 4.90 Å². The van der Waals surface area contributed by atoms with Crippen LogP contribution in [0.4, 0.5) is 0 Å². The van der Waals surface area contributed by atoms with Crippen LogP contribution in [-0.2, 0) is 11.3 Å². The van der Waals surface area contributed by atoms with Gasteiger partial charge in [0.25, 0.3) is 5.91 Å². The van der Waals surface area contributed by atoms with E-state index in [2.05, 4.69) is 24.3 Å². The van der Waals surface area contributed by atoms with Crippen molar-refractivity contribution >= 4 is 23.6 Å². The third-order valence-corrected chi connectivity index (χ3v) is 5.63. The second-order valence-corrected chi connectivity index (χ2v) is 7.59. The Morgan fingerprint density at radius 2 is 2.00 bits per heavy atom. The molecule has 0 bridgehead atoms. The summed E-state index contributed by atoms with van der Waals surface area (Å²) in [7, 11) is 0. The van der Waals surface area contributed by atoms with Crippen LogP contribution in [0, 0.1) is 0 Å². The summed E-state index contributed by atoms with van der Waals surface area (Å²) in [5.74, 6) is 1.32. The molecule has 1 fully saturated rings. The van der Waals surface area contributed by atoms with Gasteiger partial charge in [0.15, 0.2) is 0 Å². The molecular formula is C22H23ClN2O2. The van der Waals surface area contributed by atoms with Crippen molar-refractivity contribution in [2.45, 2.75) is 25.3 Å². The van der Waals surface area contributed by atoms with E-state index in [-0.39, 0.29) is 5.91 Å². The van der Waals surface area contributed by atoms with Gasteiger partial charge in [0.05, 0.1) is 5.57 Å². The Morgan fingerprint density at radius 1 is 1.19 bits per heavy atom. The van der Waals surface area contributed by atoms with Gasteiger partial charge in [-0.2, -0.15) is 0 Å². The highest BCUT2D eigenvalue weighted by Crippen LogP contribution is 2.32. The van der Waals surface area contributed by atoms with Crippen LogP contribution in [0.1, 0.15) is 35.4 Å². The highest BCUT2D eigenvalue weighted by molar-refractivity contribution is 6.30. The summed E-state index contributed by atoms with van der Waals surface area (Å²) in [5, 5.41) is 0.642. The molecule has 4 nitrogen and oxygen atoms in total. The lowest BCUT2D eigenvalue weighted by molar-refractivity contribution is -0.128. The zero-order valence-electron chi connectivity index (χ0n) is 15.2. The lowest BCUT2D eigenvalue weighted by Gasteiger charge is -2.33. The van der Waals surface area contributed by atoms with Gasteiger partial charge in [-0.05, 0) is 54.2 Å². The van der Waals surface area contributed by atoms with Gasteiger partial charge in [0.1, 0.15) is 12.4 Å². The Kier molecular flexibility index (Phi) is 5.19. The summed E-state index contributed by atoms with van der Waals surface area (Å²) in [5.41, 5.74) is 9.80. The molecule has 0 aliphatic carbocycles. The van der Waals surface area contributed by atoms with Crippen molar-refractivity contribution in [3.05, 3.63) is 69.8 Å². The van der Waals surface area contributed by atoms with E-state index in [0.717, 1.165) is 42.8 Å². The van der Waals surface area contributed by atoms with Crippen LogP contribution >= 0.6 is 11.6 Å². The molecule has 0 saturated carbocycles. The highest BCUT2D eigenvalue weighted by atomic mass is 35.5. The molecule has 5 heteroatoms. The number of carbonyl (C=O) groups is 1. The van der Waals surface area contributed by atoms with Gasteiger partial charge in [0, 0.05) is 30.2 Å². The lowest BCUT2D eigenvalue weighted by atomic mass is 9.88. The van der Waals surface area contributed by atoms with Gasteiger partial charge in [-0.25, -0.2) is 0 Å². The van der Waals surface area contributed by atoms with Crippen LogP contribution in [0.2, 0.25) is 5.02 Å². The fourth-order valence-electron chi connectivity index (χ4n) is 3.86. The van der Waals surface area contributed by atoms with E-state index in [9.17, 15) is 4.79 Å². The minimum Gasteiger partial charge on any atom is -0.488 e. The number of likely N-dealkylation sites (tertiary alicyclic amines) is 1. The van der Waals surface area contributed by atoms with Crippen LogP contribution in [0.25, 0.3) is 6.08 Å². The lowest BCUT2D eigenvalue weighted by Crippen LogP contribution is -2.40. The van der Waals surface area contributed by atoms with E-state index >= 15 is 0 Å². The Morgan fingerprint density at radius 3 is 2.78 bits per heavy atom. The van der Waals surface area contributed by atoms with Crippen LogP contribution in [0.15, 0.2) is 48.0 Å². The number of piperidine rings is 1. The van der Waals surface area contributed by atoms with Crippen LogP contribution < -0.4 is 10.5 Å². The highest BCUT2D eigenvalue weighted by Gasteiger charge is 2.27. The minimum absolute atomic E-state index is 0.0646. The number of carbonyl (C=O) groups excluding carboxylic acids is 1. The largest absolute Gasteiger partial charge is 0.488 e. The molecule has 2 aromatic rings. The van der Waals surface area contributed by atoms with Crippen LogP contribution in [0.3, 0.4) is 0 Å². The number of nitrogens with two attached hydrogens (primary N) is 1. The number of fused-ring (bicyclic) bond motifs is 1. The molecular weight excluding hydrogens is 360 g/mol. The van der Waals surface area contributed by atoms with Gasteiger partial charge in [-0.1, -0.05) is 35.9 Å². The Balaban J connectivity index is 1.43. The zero-order valence-corrected chi connectivity index (χ0v) is 15.9. The third-order valence-electron chi connectivity index (χ3n) is 5.40. The van der Waals surface area contributed by atoms with E-state index in [1.807, 2.05) is 23.1 Å². The van der Waals surface area contributed by atoms with Gasteiger partial charge < -0.3 is 15.4 Å². The van der Waals surface area contributed by atoms with Crippen molar-refractivity contribution in [3.63, 3.8) is 0 Å². The molecule has 0 aromatic heterocycles. The molecule has 2 aliphatic heterocycles. The molecule has 2 aromatic carbocycles. The first kappa shape index (κ1) is 18.1. The Bertz CT molecular complexity index is 886. The predicted molar refractivity (Wildman–Crippen MR) is 108 cm³/mol. The minimum atomic E-state index is 0.0646. The number of amides is 1. The average Bonchev–Trinajstić information content (AvgIpc) is 2.73. The SMILES string of the molecule is NCc1cccc(C2CCN(C(=O)C3=Cc4cc(Cl)ccc4OC3)CC2)c1. The molecule has 2 heterocycles. The van der Waals surface area contributed by atoms with Crippen LogP contribution in [-0.4, -0.2) is 30.5 Å². The summed E-state index contributed by atoms with van der Waals surface area (Å²) in [4.78, 5) is 14.9. The van der Waals surface area contributed by atoms with E-state index in [4.69, 9.17) is 22.1 Å². The van der Waals surface area contributed by atoms with E-state index in [0.29, 0.717) is 29.7 Å². The summed E-state index contributed by atoms with van der Waals surface area (Å²) in [6.45, 7) is 2.39. The summed E-state index contributed by atoms with van der Waals surface area (Å²) in [6, 6.07) is 14.0. The molecule has 0 atom stereocenters. The first-order valence-electron chi connectivity index (χ1n) is 9.35. The molecule has 0 spiro atoms. The first-order valence-corrected chi connectivity index (χ1v) is 9.73. The topological polar surface area (TPSA) is 55.6 Å². The van der Waals surface area contributed by atoms with Crippen molar-refractivity contribution in [2.24, 2.45) is 5.73 Å². The predicted octanol–water partition coefficient (Wildman–Crippen LogP) is 3.98. The summed E-state index contributed by atoms with van der Waals surface area (Å²) in [6.07, 6.45) is 3.84. The van der Waals surface area contributed by atoms with Gasteiger partial charge in [-0.15, -0.1) is 0 Å². The molecule has 4 rings (SSSR count). The van der Waals surface area contributed by atoms with Gasteiger partial charge in [-0.3, -0.25) is 4.79 Å². The van der Waals surface area contributed by atoms with Gasteiger partial charge >= 0.3 is 0 Å². The zero-order chi connectivity index (χ0) is 18.8. The number of rotatable bonds is 3. The molecule has 2 aliphatic rings. The number of hydrogen-bond donors (Lipinski definition) is 1. The van der Waals surface area contributed by atoms with E-state index < -0.39 is 0 Å². The monoisotopic (exact) mass is 382 g/mol. The summed E-state index contributed by atoms with van der Waals surface area (Å²) < 4.78 is 5.73. The molecule has 2 N–H and O–H groups in total. The standard InChI is InChI=1S/C22H23ClN2O2/c23-20-4-5-21-18(12-20)11-19(14-27-21)22(26)25-8-6-16(7-9-25)17-3-1-2-15(10-17)13-24/h1-5,10-12,16H,6-9,13-14,24H2. The second kappa shape index (κ2) is 7.75. The second-order valence-electron chi connectivity index (χ2n) is 7.16. The molecule has 1 amide bonds. The van der Waals surface area contributed by atoms with E-state index in [1.54, 1.807) is 6.07 Å². The van der Waals surface area contributed by atoms with Crippen molar-refractivity contribution in [3.8, 4) is 5.75 Å².